The maximum atomic E-state index is 12.2. The quantitative estimate of drug-likeness (QED) is 0.741. The van der Waals surface area contributed by atoms with Gasteiger partial charge in [-0.3, -0.25) is 9.59 Å². The fraction of sp³-hybridized carbons (Fsp3) is 0.333. The molecule has 1 aromatic carbocycles. The third-order valence-electron chi connectivity index (χ3n) is 3.64. The first-order valence-electron chi connectivity index (χ1n) is 7.84. The first-order chi connectivity index (χ1) is 11.4. The molecule has 0 aliphatic rings. The number of halogens is 1. The third kappa shape index (κ3) is 4.92. The van der Waals surface area contributed by atoms with Gasteiger partial charge in [0, 0.05) is 15.0 Å². The van der Waals surface area contributed by atoms with Gasteiger partial charge in [0.1, 0.15) is 0 Å². The lowest BCUT2D eigenvalue weighted by atomic mass is 10.1. The molecule has 0 bridgehead atoms. The van der Waals surface area contributed by atoms with Crippen LogP contribution in [0, 0.1) is 13.8 Å². The number of thiophene rings is 1. The number of benzene rings is 1. The normalized spacial score (nSPS) is 10.5. The average molecular weight is 409 g/mol. The molecule has 0 spiro atoms. The Hall–Kier alpha value is -1.66. The molecule has 6 heteroatoms. The molecule has 0 aliphatic heterocycles. The van der Waals surface area contributed by atoms with Crippen LogP contribution in [0.2, 0.25) is 0 Å². The van der Waals surface area contributed by atoms with E-state index in [4.69, 9.17) is 0 Å². The Balaban J connectivity index is 1.91. The van der Waals surface area contributed by atoms with Crippen molar-refractivity contribution in [3.05, 3.63) is 49.6 Å². The van der Waals surface area contributed by atoms with E-state index in [1.54, 1.807) is 0 Å². The topological polar surface area (TPSA) is 58.2 Å². The molecule has 2 N–H and O–H groups in total. The van der Waals surface area contributed by atoms with Gasteiger partial charge in [0.05, 0.1) is 11.4 Å². The van der Waals surface area contributed by atoms with Crippen LogP contribution >= 0.6 is 27.3 Å². The molecule has 4 nitrogen and oxygen atoms in total. The summed E-state index contributed by atoms with van der Waals surface area (Å²) in [6, 6.07) is 7.55. The monoisotopic (exact) mass is 408 g/mol. The van der Waals surface area contributed by atoms with E-state index in [0.29, 0.717) is 4.88 Å². The Morgan fingerprint density at radius 1 is 1.21 bits per heavy atom. The minimum atomic E-state index is -0.240. The van der Waals surface area contributed by atoms with Gasteiger partial charge in [0.15, 0.2) is 0 Å². The van der Waals surface area contributed by atoms with Crippen LogP contribution in [0.1, 0.15) is 39.0 Å². The lowest BCUT2D eigenvalue weighted by Crippen LogP contribution is -2.32. The van der Waals surface area contributed by atoms with Crippen LogP contribution in [0.5, 0.6) is 0 Å². The molecular weight excluding hydrogens is 388 g/mol. The van der Waals surface area contributed by atoms with E-state index < -0.39 is 0 Å². The zero-order chi connectivity index (χ0) is 17.7. The van der Waals surface area contributed by atoms with Crippen LogP contribution < -0.4 is 10.6 Å². The first kappa shape index (κ1) is 18.7. The predicted octanol–water partition coefficient (Wildman–Crippen LogP) is 4.45. The van der Waals surface area contributed by atoms with Crippen LogP contribution in [0.15, 0.2) is 28.7 Å². The molecule has 2 rings (SSSR count). The highest BCUT2D eigenvalue weighted by Crippen LogP contribution is 2.23. The summed E-state index contributed by atoms with van der Waals surface area (Å²) < 4.78 is 0.960. The van der Waals surface area contributed by atoms with Crippen LogP contribution in [-0.4, -0.2) is 18.4 Å². The molecule has 1 aromatic heterocycles. The van der Waals surface area contributed by atoms with Gasteiger partial charge in [-0.15, -0.1) is 11.3 Å². The van der Waals surface area contributed by atoms with E-state index in [2.05, 4.69) is 33.5 Å². The third-order valence-corrected chi connectivity index (χ3v) is 5.22. The lowest BCUT2D eigenvalue weighted by Gasteiger charge is -2.09. The minimum Gasteiger partial charge on any atom is -0.342 e. The zero-order valence-corrected chi connectivity index (χ0v) is 16.4. The molecule has 128 valence electrons. The largest absolute Gasteiger partial charge is 0.342 e. The van der Waals surface area contributed by atoms with Crippen LogP contribution in [0.25, 0.3) is 0 Å². The van der Waals surface area contributed by atoms with Crippen LogP contribution in [-0.2, 0) is 11.2 Å². The van der Waals surface area contributed by atoms with Gasteiger partial charge in [-0.25, -0.2) is 0 Å². The number of amides is 2. The van der Waals surface area contributed by atoms with E-state index in [-0.39, 0.29) is 18.4 Å². The van der Waals surface area contributed by atoms with Gasteiger partial charge < -0.3 is 10.6 Å². The Bertz CT molecular complexity index is 755. The summed E-state index contributed by atoms with van der Waals surface area (Å²) in [6.07, 6.45) is 2.02. The molecule has 0 saturated heterocycles. The van der Waals surface area contributed by atoms with Crippen molar-refractivity contribution in [3.8, 4) is 0 Å². The fourth-order valence-electron chi connectivity index (χ4n) is 2.36. The molecule has 0 unspecified atom stereocenters. The maximum absolute atomic E-state index is 12.2. The molecule has 0 aliphatic carbocycles. The number of rotatable bonds is 6. The van der Waals surface area contributed by atoms with Crippen molar-refractivity contribution in [2.75, 3.05) is 11.9 Å². The zero-order valence-electron chi connectivity index (χ0n) is 14.0. The molecule has 2 aromatic rings. The molecule has 0 saturated carbocycles. The molecule has 0 fully saturated rings. The summed E-state index contributed by atoms with van der Waals surface area (Å²) in [5, 5.41) is 5.49. The van der Waals surface area contributed by atoms with E-state index in [1.807, 2.05) is 38.1 Å². The summed E-state index contributed by atoms with van der Waals surface area (Å²) in [5.41, 5.74) is 2.92. The molecule has 0 radical (unpaired) electrons. The Morgan fingerprint density at radius 2 is 1.96 bits per heavy atom. The number of hydrogen-bond acceptors (Lipinski definition) is 3. The molecule has 24 heavy (non-hydrogen) atoms. The maximum Gasteiger partial charge on any atom is 0.261 e. The van der Waals surface area contributed by atoms with Gasteiger partial charge in [0.25, 0.3) is 5.91 Å². The van der Waals surface area contributed by atoms with Crippen molar-refractivity contribution < 1.29 is 9.59 Å². The van der Waals surface area contributed by atoms with Crippen molar-refractivity contribution in [1.29, 1.82) is 0 Å². The van der Waals surface area contributed by atoms with Crippen molar-refractivity contribution in [2.45, 2.75) is 33.6 Å². The average Bonchev–Trinajstić information content (AvgIpc) is 2.89. The van der Waals surface area contributed by atoms with Gasteiger partial charge in [-0.05, 0) is 55.7 Å². The number of anilines is 1. The fourth-order valence-corrected chi connectivity index (χ4v) is 3.82. The van der Waals surface area contributed by atoms with Gasteiger partial charge in [-0.1, -0.05) is 29.3 Å². The van der Waals surface area contributed by atoms with Crippen LogP contribution in [0.4, 0.5) is 5.69 Å². The van der Waals surface area contributed by atoms with Gasteiger partial charge in [0.2, 0.25) is 5.91 Å². The van der Waals surface area contributed by atoms with E-state index >= 15 is 0 Å². The number of hydrogen-bond donors (Lipinski definition) is 2. The van der Waals surface area contributed by atoms with Crippen LogP contribution in [0.3, 0.4) is 0 Å². The Morgan fingerprint density at radius 3 is 2.62 bits per heavy atom. The standard InChI is InChI=1S/C18H21BrN2O2S/c1-4-5-13-9-16(24-12(13)3)18(23)20-10-17(22)21-15-7-6-14(19)8-11(15)2/h6-9H,4-5,10H2,1-3H3,(H,20,23)(H,21,22). The summed E-state index contributed by atoms with van der Waals surface area (Å²) in [4.78, 5) is 26.0. The summed E-state index contributed by atoms with van der Waals surface area (Å²) in [6.45, 7) is 6.01. The predicted molar refractivity (Wildman–Crippen MR) is 103 cm³/mol. The Labute approximate surface area is 154 Å². The smallest absolute Gasteiger partial charge is 0.261 e. The van der Waals surface area contributed by atoms with Gasteiger partial charge >= 0.3 is 0 Å². The number of nitrogens with one attached hydrogen (secondary N) is 2. The summed E-state index contributed by atoms with van der Waals surface area (Å²) in [7, 11) is 0. The van der Waals surface area contributed by atoms with E-state index in [9.17, 15) is 9.59 Å². The lowest BCUT2D eigenvalue weighted by molar-refractivity contribution is -0.115. The minimum absolute atomic E-state index is 0.0472. The van der Waals surface area contributed by atoms with Crippen molar-refractivity contribution in [1.82, 2.24) is 5.32 Å². The van der Waals surface area contributed by atoms with Crippen molar-refractivity contribution in [2.24, 2.45) is 0 Å². The summed E-state index contributed by atoms with van der Waals surface area (Å²) >= 11 is 4.86. The second kappa shape index (κ2) is 8.44. The number of aryl methyl sites for hydroxylation is 3. The van der Waals surface area contributed by atoms with E-state index in [1.165, 1.54) is 16.9 Å². The molecular formula is C18H21BrN2O2S. The first-order valence-corrected chi connectivity index (χ1v) is 9.45. The summed E-state index contributed by atoms with van der Waals surface area (Å²) in [5.74, 6) is -0.441. The molecule has 2 amide bonds. The van der Waals surface area contributed by atoms with Crippen molar-refractivity contribution in [3.63, 3.8) is 0 Å². The molecule has 1 heterocycles. The Kier molecular flexibility index (Phi) is 6.57. The SMILES string of the molecule is CCCc1cc(C(=O)NCC(=O)Nc2ccc(Br)cc2C)sc1C. The van der Waals surface area contributed by atoms with Gasteiger partial charge in [-0.2, -0.15) is 0 Å². The van der Waals surface area contributed by atoms with E-state index in [0.717, 1.165) is 33.4 Å². The van der Waals surface area contributed by atoms with Crippen molar-refractivity contribution >= 4 is 44.8 Å². The second-order valence-electron chi connectivity index (χ2n) is 5.63. The molecule has 0 atom stereocenters. The number of carbonyl (C=O) groups excluding carboxylic acids is 2. The highest BCUT2D eigenvalue weighted by Gasteiger charge is 2.13. The highest BCUT2D eigenvalue weighted by atomic mass is 79.9. The number of carbonyl (C=O) groups is 2. The second-order valence-corrected chi connectivity index (χ2v) is 7.80. The highest BCUT2D eigenvalue weighted by molar-refractivity contribution is 9.10.